The Kier molecular flexibility index (Phi) is 7.46. The van der Waals surface area contributed by atoms with Gasteiger partial charge in [-0.25, -0.2) is 22.7 Å². The van der Waals surface area contributed by atoms with Crippen molar-refractivity contribution in [2.24, 2.45) is 0 Å². The Bertz CT molecular complexity index is 992. The number of nitrogens with one attached hydrogen (secondary N) is 3. The predicted octanol–water partition coefficient (Wildman–Crippen LogP) is 1.17. The van der Waals surface area contributed by atoms with Crippen LogP contribution in [-0.2, 0) is 26.1 Å². The molecule has 0 bridgehead atoms. The van der Waals surface area contributed by atoms with E-state index in [0.29, 0.717) is 0 Å². The highest BCUT2D eigenvalue weighted by atomic mass is 32.2. The molecule has 1 unspecified atom stereocenters. The normalized spacial score (nSPS) is 11.9. The number of amides is 3. The van der Waals surface area contributed by atoms with Gasteiger partial charge in [0.25, 0.3) is 5.91 Å². The van der Waals surface area contributed by atoms with Crippen molar-refractivity contribution in [1.29, 1.82) is 0 Å². The summed E-state index contributed by atoms with van der Waals surface area (Å²) in [5.74, 6) is -1.71. The fraction of sp³-hybridized carbons (Fsp3) is 0.211. The molecule has 0 aromatic heterocycles. The topological polar surface area (TPSA) is 131 Å². The van der Waals surface area contributed by atoms with Crippen LogP contribution in [-0.4, -0.2) is 39.5 Å². The summed E-state index contributed by atoms with van der Waals surface area (Å²) in [7, 11) is -2.54. The quantitative estimate of drug-likeness (QED) is 0.578. The van der Waals surface area contributed by atoms with E-state index in [0.717, 1.165) is 11.6 Å². The molecule has 0 aliphatic rings. The van der Waals surface area contributed by atoms with E-state index in [2.05, 4.69) is 10.0 Å². The summed E-state index contributed by atoms with van der Waals surface area (Å²) in [6, 6.07) is 13.5. The van der Waals surface area contributed by atoms with E-state index < -0.39 is 34.0 Å². The number of rotatable bonds is 7. The summed E-state index contributed by atoms with van der Waals surface area (Å²) in [4.78, 5) is 35.0. The molecule has 0 spiro atoms. The number of urea groups is 1. The molecule has 3 amide bonds. The van der Waals surface area contributed by atoms with Crippen molar-refractivity contribution in [2.45, 2.75) is 24.5 Å². The molecule has 10 heteroatoms. The molecule has 9 nitrogen and oxygen atoms in total. The van der Waals surface area contributed by atoms with E-state index in [1.54, 1.807) is 24.3 Å². The largest absolute Gasteiger partial charge is 0.449 e. The summed E-state index contributed by atoms with van der Waals surface area (Å²) in [6.07, 6.45) is -1.25. The van der Waals surface area contributed by atoms with Gasteiger partial charge >= 0.3 is 12.0 Å². The van der Waals surface area contributed by atoms with Gasteiger partial charge in [-0.3, -0.25) is 10.1 Å². The van der Waals surface area contributed by atoms with Gasteiger partial charge in [-0.15, -0.1) is 0 Å². The molecule has 0 saturated carbocycles. The van der Waals surface area contributed by atoms with Crippen LogP contribution in [0.25, 0.3) is 0 Å². The van der Waals surface area contributed by atoms with Crippen LogP contribution in [0.15, 0.2) is 59.5 Å². The average Bonchev–Trinajstić information content (AvgIpc) is 2.73. The highest BCUT2D eigenvalue weighted by molar-refractivity contribution is 7.89. The van der Waals surface area contributed by atoms with E-state index in [1.165, 1.54) is 32.2 Å². The van der Waals surface area contributed by atoms with E-state index in [-0.39, 0.29) is 17.0 Å². The van der Waals surface area contributed by atoms with Gasteiger partial charge < -0.3 is 10.1 Å². The molecule has 0 heterocycles. The van der Waals surface area contributed by atoms with Crippen LogP contribution in [0.5, 0.6) is 0 Å². The molecule has 2 aromatic carbocycles. The summed E-state index contributed by atoms with van der Waals surface area (Å²) < 4.78 is 32.4. The van der Waals surface area contributed by atoms with Gasteiger partial charge in [0.05, 0.1) is 10.5 Å². The number of carbonyl (C=O) groups is 3. The molecule has 154 valence electrons. The molecule has 0 fully saturated rings. The second-order valence-corrected chi connectivity index (χ2v) is 7.72. The van der Waals surface area contributed by atoms with Gasteiger partial charge in [-0.2, -0.15) is 0 Å². The number of hydrogen-bond donors (Lipinski definition) is 3. The molecule has 2 rings (SSSR count). The minimum Gasteiger partial charge on any atom is -0.449 e. The maximum absolute atomic E-state index is 12.5. The molecular weight excluding hydrogens is 398 g/mol. The van der Waals surface area contributed by atoms with Crippen LogP contribution in [0.4, 0.5) is 4.79 Å². The number of carbonyl (C=O) groups excluding carboxylic acids is 3. The monoisotopic (exact) mass is 419 g/mol. The lowest BCUT2D eigenvalue weighted by atomic mass is 10.2. The lowest BCUT2D eigenvalue weighted by Gasteiger charge is -2.13. The Morgan fingerprint density at radius 3 is 2.38 bits per heavy atom. The predicted molar refractivity (Wildman–Crippen MR) is 104 cm³/mol. The van der Waals surface area contributed by atoms with E-state index in [9.17, 15) is 22.8 Å². The molecule has 0 aliphatic heterocycles. The van der Waals surface area contributed by atoms with Crippen molar-refractivity contribution < 1.29 is 27.5 Å². The highest BCUT2D eigenvalue weighted by Gasteiger charge is 2.22. The Balaban J connectivity index is 2.06. The van der Waals surface area contributed by atoms with Crippen molar-refractivity contribution in [3.05, 3.63) is 65.7 Å². The summed E-state index contributed by atoms with van der Waals surface area (Å²) in [6.45, 7) is 1.38. The Morgan fingerprint density at radius 2 is 1.72 bits per heavy atom. The summed E-state index contributed by atoms with van der Waals surface area (Å²) >= 11 is 0. The molecule has 29 heavy (non-hydrogen) atoms. The van der Waals surface area contributed by atoms with Crippen molar-refractivity contribution in [2.75, 3.05) is 7.05 Å². The number of benzene rings is 2. The summed E-state index contributed by atoms with van der Waals surface area (Å²) in [5.41, 5.74) is 0.731. The Labute approximate surface area is 168 Å². The zero-order valence-corrected chi connectivity index (χ0v) is 16.7. The minimum atomic E-state index is -3.87. The SMILES string of the molecule is CNC(=O)NC(=O)C(C)OC(=O)c1cccc(S(=O)(=O)NCc2ccccc2)c1. The van der Waals surface area contributed by atoms with Crippen molar-refractivity contribution in [3.63, 3.8) is 0 Å². The van der Waals surface area contributed by atoms with E-state index in [1.807, 2.05) is 11.4 Å². The van der Waals surface area contributed by atoms with Crippen molar-refractivity contribution in [1.82, 2.24) is 15.4 Å². The molecule has 0 radical (unpaired) electrons. The van der Waals surface area contributed by atoms with Crippen LogP contribution < -0.4 is 15.4 Å². The number of ether oxygens (including phenoxy) is 1. The van der Waals surface area contributed by atoms with Crippen LogP contribution in [0.1, 0.15) is 22.8 Å². The fourth-order valence-corrected chi connectivity index (χ4v) is 3.27. The van der Waals surface area contributed by atoms with Crippen LogP contribution in [0.3, 0.4) is 0 Å². The van der Waals surface area contributed by atoms with Gasteiger partial charge in [-0.1, -0.05) is 36.4 Å². The first-order valence-corrected chi connectivity index (χ1v) is 10.1. The molecular formula is C19H21N3O6S. The van der Waals surface area contributed by atoms with Crippen molar-refractivity contribution in [3.8, 4) is 0 Å². The maximum Gasteiger partial charge on any atom is 0.338 e. The molecule has 1 atom stereocenters. The fourth-order valence-electron chi connectivity index (χ4n) is 2.21. The van der Waals surface area contributed by atoms with E-state index >= 15 is 0 Å². The first kappa shape index (κ1) is 22.1. The first-order valence-electron chi connectivity index (χ1n) is 8.60. The van der Waals surface area contributed by atoms with Crippen LogP contribution >= 0.6 is 0 Å². The van der Waals surface area contributed by atoms with Crippen molar-refractivity contribution >= 4 is 27.9 Å². The third-order valence-corrected chi connectivity index (χ3v) is 5.20. The number of sulfonamides is 1. The zero-order valence-electron chi connectivity index (χ0n) is 15.8. The van der Waals surface area contributed by atoms with Gasteiger partial charge in [0.1, 0.15) is 0 Å². The molecule has 3 N–H and O–H groups in total. The third-order valence-electron chi connectivity index (χ3n) is 3.81. The van der Waals surface area contributed by atoms with Crippen LogP contribution in [0, 0.1) is 0 Å². The van der Waals surface area contributed by atoms with Gasteiger partial charge in [0, 0.05) is 13.6 Å². The van der Waals surface area contributed by atoms with E-state index in [4.69, 9.17) is 4.74 Å². The molecule has 0 aliphatic carbocycles. The number of hydrogen-bond acceptors (Lipinski definition) is 6. The Morgan fingerprint density at radius 1 is 1.03 bits per heavy atom. The number of imide groups is 1. The minimum absolute atomic E-state index is 0.0489. The smallest absolute Gasteiger partial charge is 0.338 e. The first-order chi connectivity index (χ1) is 13.7. The standard InChI is InChI=1S/C19H21N3O6S/c1-13(17(23)22-19(25)20-2)28-18(24)15-9-6-10-16(11-15)29(26,27)21-12-14-7-4-3-5-8-14/h3-11,13,21H,12H2,1-2H3,(H2,20,22,23,25). The van der Waals surface area contributed by atoms with Gasteiger partial charge in [0.15, 0.2) is 6.10 Å². The van der Waals surface area contributed by atoms with Gasteiger partial charge in [0.2, 0.25) is 10.0 Å². The van der Waals surface area contributed by atoms with Gasteiger partial charge in [-0.05, 0) is 30.7 Å². The maximum atomic E-state index is 12.5. The number of esters is 1. The second-order valence-electron chi connectivity index (χ2n) is 5.95. The third kappa shape index (κ3) is 6.40. The Hall–Kier alpha value is -3.24. The zero-order chi connectivity index (χ0) is 21.4. The lowest BCUT2D eigenvalue weighted by molar-refractivity contribution is -0.127. The summed E-state index contributed by atoms with van der Waals surface area (Å²) in [5, 5.41) is 4.18. The second kappa shape index (κ2) is 9.80. The highest BCUT2D eigenvalue weighted by Crippen LogP contribution is 2.14. The van der Waals surface area contributed by atoms with Crippen LogP contribution in [0.2, 0.25) is 0 Å². The molecule has 0 saturated heterocycles. The molecule has 2 aromatic rings. The average molecular weight is 419 g/mol. The lowest BCUT2D eigenvalue weighted by Crippen LogP contribution is -2.43.